The van der Waals surface area contributed by atoms with Crippen LogP contribution < -0.4 is 21.3 Å². The molecule has 114 valence electrons. The van der Waals surface area contributed by atoms with Crippen molar-refractivity contribution in [3.8, 4) is 0 Å². The van der Waals surface area contributed by atoms with Gasteiger partial charge >= 0.3 is 0 Å². The first-order chi connectivity index (χ1) is 9.92. The van der Waals surface area contributed by atoms with Gasteiger partial charge < -0.3 is 16.0 Å². The van der Waals surface area contributed by atoms with Gasteiger partial charge in [0.2, 0.25) is 17.7 Å². The van der Waals surface area contributed by atoms with E-state index in [4.69, 9.17) is 0 Å². The van der Waals surface area contributed by atoms with Crippen LogP contribution >= 0.6 is 0 Å². The Balaban J connectivity index is 2.50. The highest BCUT2D eigenvalue weighted by atomic mass is 16.2. The quantitative estimate of drug-likeness (QED) is 0.606. The minimum atomic E-state index is -0.502. The summed E-state index contributed by atoms with van der Waals surface area (Å²) in [5, 5.41) is 10.6. The van der Waals surface area contributed by atoms with Crippen molar-refractivity contribution in [2.24, 2.45) is 0 Å². The number of rotatable bonds is 6. The van der Waals surface area contributed by atoms with Gasteiger partial charge in [0, 0.05) is 25.3 Å². The minimum Gasteiger partial charge on any atom is -0.358 e. The second-order valence-electron chi connectivity index (χ2n) is 4.52. The molecule has 7 nitrogen and oxygen atoms in total. The Labute approximate surface area is 123 Å². The molecule has 0 radical (unpaired) electrons. The van der Waals surface area contributed by atoms with Crippen LogP contribution in [0.3, 0.4) is 0 Å². The summed E-state index contributed by atoms with van der Waals surface area (Å²) in [6.45, 7) is 3.17. The topological polar surface area (TPSA) is 99.3 Å². The Kier molecular flexibility index (Phi) is 6.35. The Bertz CT molecular complexity index is 513. The fourth-order valence-electron chi connectivity index (χ4n) is 1.52. The summed E-state index contributed by atoms with van der Waals surface area (Å²) in [5.41, 5.74) is 1.27. The SMILES string of the molecule is CNC(=O)CN[C@H](C)C(=O)Nc1ccc(NC(C)=O)cc1. The van der Waals surface area contributed by atoms with Crippen LogP contribution in [-0.2, 0) is 14.4 Å². The average molecular weight is 292 g/mol. The molecule has 21 heavy (non-hydrogen) atoms. The highest BCUT2D eigenvalue weighted by Gasteiger charge is 2.13. The maximum absolute atomic E-state index is 11.9. The standard InChI is InChI=1S/C14H20N4O3/c1-9(16-8-13(20)15-3)14(21)18-12-6-4-11(5-7-12)17-10(2)19/h4-7,9,16H,8H2,1-3H3,(H,15,20)(H,17,19)(H,18,21)/t9-/m1/s1. The molecule has 0 aromatic heterocycles. The Morgan fingerprint density at radius 3 is 2.05 bits per heavy atom. The zero-order valence-corrected chi connectivity index (χ0v) is 12.3. The highest BCUT2D eigenvalue weighted by Crippen LogP contribution is 2.13. The number of carbonyl (C=O) groups is 3. The van der Waals surface area contributed by atoms with Crippen LogP contribution in [0.1, 0.15) is 13.8 Å². The maximum atomic E-state index is 11.9. The zero-order chi connectivity index (χ0) is 15.8. The van der Waals surface area contributed by atoms with E-state index in [0.29, 0.717) is 11.4 Å². The summed E-state index contributed by atoms with van der Waals surface area (Å²) in [6, 6.07) is 6.26. The summed E-state index contributed by atoms with van der Waals surface area (Å²) in [7, 11) is 1.53. The molecule has 3 amide bonds. The van der Waals surface area contributed by atoms with E-state index >= 15 is 0 Å². The van der Waals surface area contributed by atoms with Crippen LogP contribution in [0.5, 0.6) is 0 Å². The molecule has 0 saturated carbocycles. The predicted molar refractivity (Wildman–Crippen MR) is 80.9 cm³/mol. The lowest BCUT2D eigenvalue weighted by atomic mass is 10.2. The van der Waals surface area contributed by atoms with Gasteiger partial charge in [-0.15, -0.1) is 0 Å². The number of amides is 3. The van der Waals surface area contributed by atoms with E-state index in [0.717, 1.165) is 0 Å². The van der Waals surface area contributed by atoms with Crippen LogP contribution in [0.2, 0.25) is 0 Å². The van der Waals surface area contributed by atoms with Gasteiger partial charge in [0.25, 0.3) is 0 Å². The molecule has 1 rings (SSSR count). The number of carbonyl (C=O) groups excluding carboxylic acids is 3. The van der Waals surface area contributed by atoms with Gasteiger partial charge in [-0.05, 0) is 31.2 Å². The van der Waals surface area contributed by atoms with Gasteiger partial charge in [-0.2, -0.15) is 0 Å². The van der Waals surface area contributed by atoms with Gasteiger partial charge in [0.15, 0.2) is 0 Å². The number of hydrogen-bond acceptors (Lipinski definition) is 4. The third-order valence-electron chi connectivity index (χ3n) is 2.71. The number of anilines is 2. The molecule has 7 heteroatoms. The number of benzene rings is 1. The second kappa shape index (κ2) is 8.01. The summed E-state index contributed by atoms with van der Waals surface area (Å²) in [4.78, 5) is 33.9. The summed E-state index contributed by atoms with van der Waals surface area (Å²) in [5.74, 6) is -0.584. The van der Waals surface area contributed by atoms with Gasteiger partial charge in [-0.1, -0.05) is 0 Å². The Hall–Kier alpha value is -2.41. The lowest BCUT2D eigenvalue weighted by Crippen LogP contribution is -2.42. The highest BCUT2D eigenvalue weighted by molar-refractivity contribution is 5.95. The van der Waals surface area contributed by atoms with Crippen molar-refractivity contribution >= 4 is 29.1 Å². The minimum absolute atomic E-state index is 0.0759. The molecule has 0 bridgehead atoms. The van der Waals surface area contributed by atoms with Crippen LogP contribution in [0.15, 0.2) is 24.3 Å². The van der Waals surface area contributed by atoms with Crippen molar-refractivity contribution in [3.05, 3.63) is 24.3 Å². The normalized spacial score (nSPS) is 11.4. The lowest BCUT2D eigenvalue weighted by Gasteiger charge is -2.13. The first kappa shape index (κ1) is 16.6. The Morgan fingerprint density at radius 2 is 1.57 bits per heavy atom. The monoisotopic (exact) mass is 292 g/mol. The molecule has 0 unspecified atom stereocenters. The second-order valence-corrected chi connectivity index (χ2v) is 4.52. The van der Waals surface area contributed by atoms with Crippen molar-refractivity contribution in [2.75, 3.05) is 24.2 Å². The molecule has 1 aromatic carbocycles. The lowest BCUT2D eigenvalue weighted by molar-refractivity contribution is -0.120. The van der Waals surface area contributed by atoms with Gasteiger partial charge in [-0.3, -0.25) is 19.7 Å². The van der Waals surface area contributed by atoms with Crippen molar-refractivity contribution < 1.29 is 14.4 Å². The molecule has 0 fully saturated rings. The molecule has 0 saturated heterocycles. The number of hydrogen-bond donors (Lipinski definition) is 4. The van der Waals surface area contributed by atoms with Crippen molar-refractivity contribution in [1.82, 2.24) is 10.6 Å². The van der Waals surface area contributed by atoms with E-state index in [-0.39, 0.29) is 24.3 Å². The first-order valence-electron chi connectivity index (χ1n) is 6.55. The Morgan fingerprint density at radius 1 is 1.05 bits per heavy atom. The van der Waals surface area contributed by atoms with Crippen molar-refractivity contribution in [2.45, 2.75) is 19.9 Å². The van der Waals surface area contributed by atoms with Gasteiger partial charge in [-0.25, -0.2) is 0 Å². The number of likely N-dealkylation sites (N-methyl/N-ethyl adjacent to an activating group) is 1. The summed E-state index contributed by atoms with van der Waals surface area (Å²) >= 11 is 0. The largest absolute Gasteiger partial charge is 0.358 e. The molecule has 0 spiro atoms. The van der Waals surface area contributed by atoms with E-state index in [1.807, 2.05) is 0 Å². The molecular formula is C14H20N4O3. The van der Waals surface area contributed by atoms with Crippen LogP contribution in [-0.4, -0.2) is 37.4 Å². The summed E-state index contributed by atoms with van der Waals surface area (Å²) < 4.78 is 0. The van der Waals surface area contributed by atoms with E-state index in [9.17, 15) is 14.4 Å². The first-order valence-corrected chi connectivity index (χ1v) is 6.55. The zero-order valence-electron chi connectivity index (χ0n) is 12.3. The van der Waals surface area contributed by atoms with Crippen molar-refractivity contribution in [1.29, 1.82) is 0 Å². The van der Waals surface area contributed by atoms with E-state index in [2.05, 4.69) is 21.3 Å². The molecule has 4 N–H and O–H groups in total. The van der Waals surface area contributed by atoms with Crippen molar-refractivity contribution in [3.63, 3.8) is 0 Å². The van der Waals surface area contributed by atoms with Gasteiger partial charge in [0.05, 0.1) is 12.6 Å². The molecule has 1 atom stereocenters. The molecule has 0 aliphatic heterocycles. The van der Waals surface area contributed by atoms with Crippen LogP contribution in [0.25, 0.3) is 0 Å². The third-order valence-corrected chi connectivity index (χ3v) is 2.71. The molecule has 1 aromatic rings. The van der Waals surface area contributed by atoms with Crippen LogP contribution in [0, 0.1) is 0 Å². The average Bonchev–Trinajstić information content (AvgIpc) is 2.45. The third kappa shape index (κ3) is 6.05. The fraction of sp³-hybridized carbons (Fsp3) is 0.357. The van der Waals surface area contributed by atoms with E-state index in [1.54, 1.807) is 31.2 Å². The van der Waals surface area contributed by atoms with Gasteiger partial charge in [0.1, 0.15) is 0 Å². The van der Waals surface area contributed by atoms with Crippen LogP contribution in [0.4, 0.5) is 11.4 Å². The predicted octanol–water partition coefficient (Wildman–Crippen LogP) is 0.308. The molecular weight excluding hydrogens is 272 g/mol. The van der Waals surface area contributed by atoms with E-state index in [1.165, 1.54) is 14.0 Å². The molecule has 0 heterocycles. The maximum Gasteiger partial charge on any atom is 0.241 e. The van der Waals surface area contributed by atoms with E-state index < -0.39 is 6.04 Å². The number of nitrogens with one attached hydrogen (secondary N) is 4. The smallest absolute Gasteiger partial charge is 0.241 e. The summed E-state index contributed by atoms with van der Waals surface area (Å²) in [6.07, 6.45) is 0. The fourth-order valence-corrected chi connectivity index (χ4v) is 1.52. The molecule has 0 aliphatic carbocycles. The molecule has 0 aliphatic rings.